The van der Waals surface area contributed by atoms with Gasteiger partial charge in [0.1, 0.15) is 5.69 Å². The van der Waals surface area contributed by atoms with Crippen molar-refractivity contribution in [3.63, 3.8) is 0 Å². The first-order valence-corrected chi connectivity index (χ1v) is 5.54. The Morgan fingerprint density at radius 3 is 2.76 bits per heavy atom. The van der Waals surface area contributed by atoms with Crippen molar-refractivity contribution in [2.45, 2.75) is 25.6 Å². The van der Waals surface area contributed by atoms with E-state index in [1.54, 1.807) is 0 Å². The second kappa shape index (κ2) is 4.56. The van der Waals surface area contributed by atoms with Crippen LogP contribution in [-0.4, -0.2) is 22.9 Å². The average Bonchev–Trinajstić information content (AvgIpc) is 2.62. The molecule has 0 saturated carbocycles. The van der Waals surface area contributed by atoms with Crippen molar-refractivity contribution in [1.29, 1.82) is 0 Å². The van der Waals surface area contributed by atoms with Gasteiger partial charge in [-0.3, -0.25) is 14.6 Å². The van der Waals surface area contributed by atoms with Crippen molar-refractivity contribution >= 4 is 0 Å². The van der Waals surface area contributed by atoms with E-state index in [2.05, 4.69) is 10.4 Å². The average molecular weight is 249 g/mol. The second-order valence-electron chi connectivity index (χ2n) is 4.33. The van der Waals surface area contributed by atoms with Crippen molar-refractivity contribution in [2.75, 3.05) is 13.1 Å². The van der Waals surface area contributed by atoms with Gasteiger partial charge in [-0.25, -0.2) is 0 Å². The van der Waals surface area contributed by atoms with Gasteiger partial charge in [0.25, 0.3) is 5.56 Å². The number of hydrogen-bond donors (Lipinski definition) is 2. The fourth-order valence-electron chi connectivity index (χ4n) is 2.05. The summed E-state index contributed by atoms with van der Waals surface area (Å²) in [6, 6.07) is 0.607. The Morgan fingerprint density at radius 1 is 1.47 bits per heavy atom. The summed E-state index contributed by atoms with van der Waals surface area (Å²) in [6.45, 7) is 1.98. The minimum Gasteiger partial charge on any atom is -0.316 e. The van der Waals surface area contributed by atoms with Gasteiger partial charge in [-0.15, -0.1) is 0 Å². The number of aromatic nitrogens is 2. The molecular formula is C10H14F3N3O. The molecule has 0 radical (unpaired) electrons. The Kier molecular flexibility index (Phi) is 3.28. The predicted molar refractivity (Wildman–Crippen MR) is 55.6 cm³/mol. The lowest BCUT2D eigenvalue weighted by Gasteiger charge is -2.22. The number of piperidine rings is 1. The largest absolute Gasteiger partial charge is 0.432 e. The summed E-state index contributed by atoms with van der Waals surface area (Å²) in [6.07, 6.45) is -2.57. The van der Waals surface area contributed by atoms with E-state index in [-0.39, 0.29) is 5.92 Å². The van der Waals surface area contributed by atoms with Crippen LogP contribution in [0.1, 0.15) is 18.5 Å². The summed E-state index contributed by atoms with van der Waals surface area (Å²) in [5, 5.41) is 5.28. The first-order valence-electron chi connectivity index (χ1n) is 5.54. The first kappa shape index (κ1) is 12.2. The zero-order valence-electron chi connectivity index (χ0n) is 9.18. The normalized spacial score (nSPS) is 21.7. The third-order valence-corrected chi connectivity index (χ3v) is 2.93. The second-order valence-corrected chi connectivity index (χ2v) is 4.33. The highest BCUT2D eigenvalue weighted by Crippen LogP contribution is 2.26. The standard InChI is InChI=1S/C10H14F3N3O/c11-10(12,13)8-4-9(17)16(15-8)6-7-2-1-3-14-5-7/h4,7,14-15H,1-3,5-6H2/t7-/m1/s1. The smallest absolute Gasteiger partial charge is 0.316 e. The van der Waals surface area contributed by atoms with Crippen molar-refractivity contribution in [3.05, 3.63) is 22.1 Å². The van der Waals surface area contributed by atoms with E-state index < -0.39 is 17.4 Å². The van der Waals surface area contributed by atoms with Crippen LogP contribution in [0.25, 0.3) is 0 Å². The Morgan fingerprint density at radius 2 is 2.24 bits per heavy atom. The molecule has 0 aromatic carbocycles. The number of aromatic amines is 1. The maximum absolute atomic E-state index is 12.4. The van der Waals surface area contributed by atoms with E-state index in [4.69, 9.17) is 0 Å². The molecule has 1 aliphatic heterocycles. The summed E-state index contributed by atoms with van der Waals surface area (Å²) < 4.78 is 38.1. The highest BCUT2D eigenvalue weighted by Gasteiger charge is 2.33. The number of nitrogens with zero attached hydrogens (tertiary/aromatic N) is 1. The first-order chi connectivity index (χ1) is 7.97. The number of hydrogen-bond acceptors (Lipinski definition) is 2. The zero-order valence-corrected chi connectivity index (χ0v) is 9.18. The molecule has 1 aromatic heterocycles. The molecule has 2 N–H and O–H groups in total. The Hall–Kier alpha value is -1.24. The molecule has 2 heterocycles. The van der Waals surface area contributed by atoms with E-state index in [1.165, 1.54) is 0 Å². The van der Waals surface area contributed by atoms with Crippen LogP contribution in [0, 0.1) is 5.92 Å². The molecule has 2 rings (SSSR count). The van der Waals surface area contributed by atoms with Crippen LogP contribution < -0.4 is 10.9 Å². The van der Waals surface area contributed by atoms with Crippen molar-refractivity contribution < 1.29 is 13.2 Å². The molecule has 1 aromatic rings. The minimum atomic E-state index is -4.49. The van der Waals surface area contributed by atoms with Crippen molar-refractivity contribution in [2.24, 2.45) is 5.92 Å². The zero-order chi connectivity index (χ0) is 12.5. The topological polar surface area (TPSA) is 49.8 Å². The van der Waals surface area contributed by atoms with E-state index in [0.29, 0.717) is 12.6 Å². The lowest BCUT2D eigenvalue weighted by Crippen LogP contribution is -2.34. The van der Waals surface area contributed by atoms with Gasteiger partial charge in [0.2, 0.25) is 0 Å². The van der Waals surface area contributed by atoms with Crippen molar-refractivity contribution in [3.8, 4) is 0 Å². The van der Waals surface area contributed by atoms with Crippen LogP contribution in [0.15, 0.2) is 10.9 Å². The van der Waals surface area contributed by atoms with Gasteiger partial charge in [0.15, 0.2) is 0 Å². The summed E-state index contributed by atoms with van der Waals surface area (Å²) >= 11 is 0. The SMILES string of the molecule is O=c1cc(C(F)(F)F)[nH]n1C[C@@H]1CCCNC1. The molecule has 1 saturated heterocycles. The van der Waals surface area contributed by atoms with Gasteiger partial charge in [0.05, 0.1) is 0 Å². The van der Waals surface area contributed by atoms with Gasteiger partial charge in [-0.05, 0) is 31.8 Å². The Labute approximate surface area is 95.8 Å². The number of nitrogens with one attached hydrogen (secondary N) is 2. The minimum absolute atomic E-state index is 0.209. The van der Waals surface area contributed by atoms with Gasteiger partial charge < -0.3 is 5.32 Å². The molecule has 0 unspecified atom stereocenters. The van der Waals surface area contributed by atoms with Gasteiger partial charge in [-0.2, -0.15) is 13.2 Å². The van der Waals surface area contributed by atoms with Crippen molar-refractivity contribution in [1.82, 2.24) is 15.1 Å². The molecule has 0 amide bonds. The lowest BCUT2D eigenvalue weighted by molar-refractivity contribution is -0.141. The molecule has 0 spiro atoms. The lowest BCUT2D eigenvalue weighted by atomic mass is 10.00. The molecule has 1 aliphatic rings. The molecule has 7 heteroatoms. The third-order valence-electron chi connectivity index (χ3n) is 2.93. The van der Waals surface area contributed by atoms with Crippen LogP contribution in [0.5, 0.6) is 0 Å². The summed E-state index contributed by atoms with van der Waals surface area (Å²) in [5.74, 6) is 0.209. The molecule has 4 nitrogen and oxygen atoms in total. The third kappa shape index (κ3) is 2.91. The highest BCUT2D eigenvalue weighted by molar-refractivity contribution is 5.03. The predicted octanol–water partition coefficient (Wildman–Crippen LogP) is 1.19. The van der Waals surface area contributed by atoms with E-state index in [0.717, 1.165) is 30.6 Å². The fraction of sp³-hybridized carbons (Fsp3) is 0.700. The summed E-state index contributed by atoms with van der Waals surface area (Å²) in [5.41, 5.74) is -1.60. The molecule has 1 fully saturated rings. The monoisotopic (exact) mass is 249 g/mol. The summed E-state index contributed by atoms with van der Waals surface area (Å²) in [4.78, 5) is 11.4. The van der Waals surface area contributed by atoms with Crippen LogP contribution in [0.3, 0.4) is 0 Å². The molecule has 96 valence electrons. The number of H-pyrrole nitrogens is 1. The van der Waals surface area contributed by atoms with E-state index in [1.807, 2.05) is 0 Å². The Bertz CT molecular complexity index is 429. The fourth-order valence-corrected chi connectivity index (χ4v) is 2.05. The van der Waals surface area contributed by atoms with Crippen LogP contribution in [0.4, 0.5) is 13.2 Å². The number of alkyl halides is 3. The molecular weight excluding hydrogens is 235 g/mol. The number of halogens is 3. The summed E-state index contributed by atoms with van der Waals surface area (Å²) in [7, 11) is 0. The van der Waals surface area contributed by atoms with E-state index in [9.17, 15) is 18.0 Å². The maximum atomic E-state index is 12.4. The molecule has 1 atom stereocenters. The molecule has 0 bridgehead atoms. The Balaban J connectivity index is 2.10. The quantitative estimate of drug-likeness (QED) is 0.827. The molecule has 0 aliphatic carbocycles. The van der Waals surface area contributed by atoms with Gasteiger partial charge in [-0.1, -0.05) is 0 Å². The number of rotatable bonds is 2. The van der Waals surface area contributed by atoms with Crippen LogP contribution >= 0.6 is 0 Å². The molecule has 17 heavy (non-hydrogen) atoms. The van der Waals surface area contributed by atoms with E-state index >= 15 is 0 Å². The van der Waals surface area contributed by atoms with Crippen LogP contribution in [0.2, 0.25) is 0 Å². The maximum Gasteiger partial charge on any atom is 0.432 e. The van der Waals surface area contributed by atoms with Crippen LogP contribution in [-0.2, 0) is 12.7 Å². The highest BCUT2D eigenvalue weighted by atomic mass is 19.4. The van der Waals surface area contributed by atoms with Gasteiger partial charge >= 0.3 is 6.18 Å². The van der Waals surface area contributed by atoms with Gasteiger partial charge in [0, 0.05) is 12.6 Å².